The van der Waals surface area contributed by atoms with Crippen LogP contribution in [0.5, 0.6) is 5.75 Å². The Morgan fingerprint density at radius 1 is 1.25 bits per heavy atom. The molecule has 2 aromatic rings. The molecule has 0 saturated heterocycles. The van der Waals surface area contributed by atoms with Crippen LogP contribution in [-0.4, -0.2) is 16.4 Å². The Labute approximate surface area is 122 Å². The molecule has 0 atom stereocenters. The van der Waals surface area contributed by atoms with Crippen molar-refractivity contribution in [3.05, 3.63) is 53.6 Å². The lowest BCUT2D eigenvalue weighted by Crippen LogP contribution is -2.23. The molecule has 2 aromatic carbocycles. The van der Waals surface area contributed by atoms with E-state index >= 15 is 0 Å². The minimum atomic E-state index is 0.0792. The molecule has 4 nitrogen and oxygen atoms in total. The predicted molar refractivity (Wildman–Crippen MR) is 85.8 cm³/mol. The highest BCUT2D eigenvalue weighted by atomic mass is 32.1. The summed E-state index contributed by atoms with van der Waals surface area (Å²) in [5.74, 6) is 0.148. The Bertz CT molecular complexity index is 668. The maximum Gasteiger partial charge on any atom is 0.184 e. The van der Waals surface area contributed by atoms with Crippen LogP contribution in [0.3, 0.4) is 0 Å². The second-order valence-corrected chi connectivity index (χ2v) is 4.82. The average Bonchev–Trinajstić information content (AvgIpc) is 2.40. The zero-order valence-electron chi connectivity index (χ0n) is 11.0. The van der Waals surface area contributed by atoms with Crippen molar-refractivity contribution in [2.24, 2.45) is 10.8 Å². The molecule has 0 bridgehead atoms. The third-order valence-electron chi connectivity index (χ3n) is 2.76. The van der Waals surface area contributed by atoms with Crippen molar-refractivity contribution in [1.29, 1.82) is 0 Å². The van der Waals surface area contributed by atoms with Crippen LogP contribution in [0.15, 0.2) is 47.6 Å². The molecule has 2 rings (SSSR count). The molecule has 5 heteroatoms. The van der Waals surface area contributed by atoms with E-state index in [4.69, 9.17) is 5.73 Å². The van der Waals surface area contributed by atoms with E-state index in [1.807, 2.05) is 37.3 Å². The van der Waals surface area contributed by atoms with E-state index in [9.17, 15) is 5.11 Å². The molecular formula is C15H15N3OS. The Kier molecular flexibility index (Phi) is 4.32. The van der Waals surface area contributed by atoms with Crippen LogP contribution < -0.4 is 11.2 Å². The first-order valence-electron chi connectivity index (χ1n) is 6.05. The Balaban J connectivity index is 2.33. The van der Waals surface area contributed by atoms with Crippen molar-refractivity contribution < 1.29 is 5.11 Å². The van der Waals surface area contributed by atoms with Gasteiger partial charge in [0.05, 0.1) is 6.21 Å². The van der Waals surface area contributed by atoms with Crippen molar-refractivity contribution in [2.75, 3.05) is 0 Å². The highest BCUT2D eigenvalue weighted by molar-refractivity contribution is 7.80. The van der Waals surface area contributed by atoms with Gasteiger partial charge in [0.15, 0.2) is 5.11 Å². The molecule has 102 valence electrons. The first-order chi connectivity index (χ1) is 9.56. The molecule has 0 spiro atoms. The smallest absolute Gasteiger partial charge is 0.184 e. The van der Waals surface area contributed by atoms with Gasteiger partial charge in [0.25, 0.3) is 0 Å². The topological polar surface area (TPSA) is 70.6 Å². The molecule has 0 aliphatic heterocycles. The summed E-state index contributed by atoms with van der Waals surface area (Å²) in [6, 6.07) is 13.5. The lowest BCUT2D eigenvalue weighted by atomic mass is 10.0. The molecule has 0 heterocycles. The SMILES string of the molecule is Cc1cccc(-c2ccc(O)c(C=NNC(N)=S)c2)c1. The number of phenolic OH excluding ortho intramolecular Hbond substituents is 1. The number of hydrazone groups is 1. The van der Waals surface area contributed by atoms with Gasteiger partial charge in [0.1, 0.15) is 5.75 Å². The van der Waals surface area contributed by atoms with Gasteiger partial charge in [0, 0.05) is 5.56 Å². The van der Waals surface area contributed by atoms with Gasteiger partial charge in [-0.2, -0.15) is 5.10 Å². The van der Waals surface area contributed by atoms with Gasteiger partial charge in [-0.3, -0.25) is 5.43 Å². The highest BCUT2D eigenvalue weighted by Crippen LogP contribution is 2.25. The number of hydrogen-bond acceptors (Lipinski definition) is 3. The highest BCUT2D eigenvalue weighted by Gasteiger charge is 2.03. The number of hydrogen-bond donors (Lipinski definition) is 3. The Morgan fingerprint density at radius 2 is 2.00 bits per heavy atom. The number of nitrogens with zero attached hydrogens (tertiary/aromatic N) is 1. The number of rotatable bonds is 3. The van der Waals surface area contributed by atoms with E-state index in [1.165, 1.54) is 11.8 Å². The van der Waals surface area contributed by atoms with E-state index in [0.717, 1.165) is 11.1 Å². The fraction of sp³-hybridized carbons (Fsp3) is 0.0667. The maximum absolute atomic E-state index is 9.82. The van der Waals surface area contributed by atoms with Crippen LogP contribution in [0.25, 0.3) is 11.1 Å². The molecular weight excluding hydrogens is 270 g/mol. The van der Waals surface area contributed by atoms with E-state index in [2.05, 4.69) is 28.8 Å². The zero-order valence-corrected chi connectivity index (χ0v) is 11.8. The molecule has 20 heavy (non-hydrogen) atoms. The lowest BCUT2D eigenvalue weighted by Gasteiger charge is -2.06. The summed E-state index contributed by atoms with van der Waals surface area (Å²) in [6.45, 7) is 2.04. The molecule has 0 amide bonds. The fourth-order valence-electron chi connectivity index (χ4n) is 1.83. The van der Waals surface area contributed by atoms with Gasteiger partial charge in [-0.1, -0.05) is 35.9 Å². The molecule has 4 N–H and O–H groups in total. The number of aryl methyl sites for hydroxylation is 1. The van der Waals surface area contributed by atoms with E-state index in [0.29, 0.717) is 5.56 Å². The van der Waals surface area contributed by atoms with Crippen molar-refractivity contribution in [3.8, 4) is 16.9 Å². The molecule has 0 saturated carbocycles. The van der Waals surface area contributed by atoms with Crippen molar-refractivity contribution in [2.45, 2.75) is 6.92 Å². The van der Waals surface area contributed by atoms with Crippen LogP contribution >= 0.6 is 12.2 Å². The number of thiocarbonyl (C=S) groups is 1. The number of nitrogens with one attached hydrogen (secondary N) is 1. The number of aromatic hydroxyl groups is 1. The molecule has 0 aliphatic rings. The second-order valence-electron chi connectivity index (χ2n) is 4.38. The predicted octanol–water partition coefficient (Wildman–Crippen LogP) is 2.53. The first-order valence-corrected chi connectivity index (χ1v) is 6.45. The van der Waals surface area contributed by atoms with E-state index in [1.54, 1.807) is 6.07 Å². The third kappa shape index (κ3) is 3.55. The Hall–Kier alpha value is -2.40. The summed E-state index contributed by atoms with van der Waals surface area (Å²) >= 11 is 4.65. The number of benzene rings is 2. The lowest BCUT2D eigenvalue weighted by molar-refractivity contribution is 0.474. The van der Waals surface area contributed by atoms with Gasteiger partial charge in [-0.05, 0) is 42.4 Å². The van der Waals surface area contributed by atoms with E-state index in [-0.39, 0.29) is 10.9 Å². The first kappa shape index (κ1) is 14.0. The van der Waals surface area contributed by atoms with Crippen LogP contribution in [-0.2, 0) is 0 Å². The summed E-state index contributed by atoms with van der Waals surface area (Å²) in [7, 11) is 0. The summed E-state index contributed by atoms with van der Waals surface area (Å²) < 4.78 is 0. The van der Waals surface area contributed by atoms with Crippen LogP contribution in [0, 0.1) is 6.92 Å². The molecule has 0 fully saturated rings. The summed E-state index contributed by atoms with van der Waals surface area (Å²) in [5, 5.41) is 13.8. The molecule has 0 unspecified atom stereocenters. The second kappa shape index (κ2) is 6.16. The van der Waals surface area contributed by atoms with Crippen LogP contribution in [0.1, 0.15) is 11.1 Å². The Morgan fingerprint density at radius 3 is 2.70 bits per heavy atom. The van der Waals surface area contributed by atoms with E-state index < -0.39 is 0 Å². The number of phenols is 1. The summed E-state index contributed by atoms with van der Waals surface area (Å²) in [4.78, 5) is 0. The molecule has 0 aliphatic carbocycles. The van der Waals surface area contributed by atoms with Gasteiger partial charge in [-0.25, -0.2) is 0 Å². The zero-order chi connectivity index (χ0) is 14.5. The quantitative estimate of drug-likeness (QED) is 0.460. The average molecular weight is 285 g/mol. The van der Waals surface area contributed by atoms with Crippen molar-refractivity contribution in [3.63, 3.8) is 0 Å². The molecule has 0 aromatic heterocycles. The maximum atomic E-state index is 9.82. The van der Waals surface area contributed by atoms with Gasteiger partial charge >= 0.3 is 0 Å². The minimum absolute atomic E-state index is 0.0792. The third-order valence-corrected chi connectivity index (χ3v) is 2.85. The molecule has 0 radical (unpaired) electrons. The fourth-order valence-corrected chi connectivity index (χ4v) is 1.88. The van der Waals surface area contributed by atoms with Crippen LogP contribution in [0.4, 0.5) is 0 Å². The summed E-state index contributed by atoms with van der Waals surface area (Å²) in [6.07, 6.45) is 1.48. The normalized spacial score (nSPS) is 10.7. The van der Waals surface area contributed by atoms with Gasteiger partial charge in [-0.15, -0.1) is 0 Å². The van der Waals surface area contributed by atoms with Crippen molar-refractivity contribution in [1.82, 2.24) is 5.43 Å². The summed E-state index contributed by atoms with van der Waals surface area (Å²) in [5.41, 5.74) is 11.6. The van der Waals surface area contributed by atoms with Gasteiger partial charge < -0.3 is 10.8 Å². The monoisotopic (exact) mass is 285 g/mol. The largest absolute Gasteiger partial charge is 0.507 e. The standard InChI is InChI=1S/C15H15N3OS/c1-10-3-2-4-11(7-10)12-5-6-14(19)13(8-12)9-17-18-15(16)20/h2-9,19H,1H3,(H3,16,18,20). The van der Waals surface area contributed by atoms with Crippen molar-refractivity contribution >= 4 is 23.5 Å². The minimum Gasteiger partial charge on any atom is -0.507 e. The van der Waals surface area contributed by atoms with Crippen LogP contribution in [0.2, 0.25) is 0 Å². The number of nitrogens with two attached hydrogens (primary N) is 1. The van der Waals surface area contributed by atoms with Gasteiger partial charge in [0.2, 0.25) is 0 Å².